The lowest BCUT2D eigenvalue weighted by Crippen LogP contribution is -2.28. The number of amides is 1. The zero-order chi connectivity index (χ0) is 19.8. The standard InChI is InChI=1S/C18H21N7O3S/c1-2-25-15-12(10-20-25)14(21-11-3-6-27-7-4-11)13(9-19-15)16-22-23-17(28-16)24-5-8-29-18(24)26/h9-11H,2-8H2,1H3,(H,19,21). The van der Waals surface area contributed by atoms with Crippen molar-refractivity contribution < 1.29 is 13.9 Å². The maximum Gasteiger partial charge on any atom is 0.326 e. The number of aromatic nitrogens is 5. The number of fused-ring (bicyclic) bond motifs is 1. The van der Waals surface area contributed by atoms with Crippen LogP contribution in [0.5, 0.6) is 0 Å². The highest BCUT2D eigenvalue weighted by atomic mass is 32.2. The second kappa shape index (κ2) is 7.64. The molecule has 10 nitrogen and oxygen atoms in total. The van der Waals surface area contributed by atoms with Gasteiger partial charge in [-0.25, -0.2) is 9.67 Å². The molecule has 0 spiro atoms. The second-order valence-corrected chi connectivity index (χ2v) is 7.98. The molecule has 0 bridgehead atoms. The number of nitrogens with zero attached hydrogens (tertiary/aromatic N) is 6. The van der Waals surface area contributed by atoms with E-state index in [1.165, 1.54) is 16.7 Å². The third kappa shape index (κ3) is 3.33. The van der Waals surface area contributed by atoms with Crippen molar-refractivity contribution >= 4 is 39.7 Å². The Bertz CT molecular complexity index is 1040. The van der Waals surface area contributed by atoms with Crippen LogP contribution in [-0.4, -0.2) is 61.8 Å². The average Bonchev–Trinajstić information content (AvgIpc) is 3.48. The van der Waals surface area contributed by atoms with Crippen LogP contribution in [0.4, 0.5) is 16.5 Å². The van der Waals surface area contributed by atoms with Crippen LogP contribution in [-0.2, 0) is 11.3 Å². The highest BCUT2D eigenvalue weighted by molar-refractivity contribution is 8.14. The number of nitrogens with one attached hydrogen (secondary N) is 1. The van der Waals surface area contributed by atoms with Gasteiger partial charge in [0.05, 0.1) is 22.8 Å². The molecule has 1 amide bonds. The third-order valence-electron chi connectivity index (χ3n) is 5.17. The summed E-state index contributed by atoms with van der Waals surface area (Å²) in [5.41, 5.74) is 2.38. The van der Waals surface area contributed by atoms with E-state index in [-0.39, 0.29) is 17.3 Å². The van der Waals surface area contributed by atoms with Gasteiger partial charge in [0.25, 0.3) is 11.1 Å². The van der Waals surface area contributed by atoms with E-state index >= 15 is 0 Å². The van der Waals surface area contributed by atoms with E-state index in [0.717, 1.165) is 55.1 Å². The Morgan fingerprint density at radius 2 is 2.14 bits per heavy atom. The molecule has 2 aliphatic heterocycles. The minimum Gasteiger partial charge on any atom is -0.403 e. The van der Waals surface area contributed by atoms with Crippen molar-refractivity contribution in [2.75, 3.05) is 35.7 Å². The van der Waals surface area contributed by atoms with Crippen molar-refractivity contribution in [2.24, 2.45) is 0 Å². The topological polar surface area (TPSA) is 111 Å². The molecule has 5 rings (SSSR count). The second-order valence-electron chi connectivity index (χ2n) is 6.93. The van der Waals surface area contributed by atoms with Crippen molar-refractivity contribution in [2.45, 2.75) is 32.4 Å². The summed E-state index contributed by atoms with van der Waals surface area (Å²) in [6.07, 6.45) is 5.38. The van der Waals surface area contributed by atoms with Gasteiger partial charge in [0.1, 0.15) is 0 Å². The quantitative estimate of drug-likeness (QED) is 0.672. The molecule has 0 saturated carbocycles. The summed E-state index contributed by atoms with van der Waals surface area (Å²) in [6, 6.07) is 0.494. The zero-order valence-electron chi connectivity index (χ0n) is 16.0. The molecule has 0 radical (unpaired) electrons. The molecule has 3 aromatic rings. The fourth-order valence-electron chi connectivity index (χ4n) is 3.62. The average molecular weight is 415 g/mol. The monoisotopic (exact) mass is 415 g/mol. The number of thioether (sulfide) groups is 1. The molecule has 29 heavy (non-hydrogen) atoms. The number of anilines is 2. The van der Waals surface area contributed by atoms with Crippen molar-refractivity contribution in [3.05, 3.63) is 12.4 Å². The van der Waals surface area contributed by atoms with Gasteiger partial charge in [-0.05, 0) is 19.8 Å². The van der Waals surface area contributed by atoms with Crippen molar-refractivity contribution in [3.63, 3.8) is 0 Å². The number of aryl methyl sites for hydroxylation is 1. The molecule has 0 unspecified atom stereocenters. The Morgan fingerprint density at radius 1 is 1.28 bits per heavy atom. The third-order valence-corrected chi connectivity index (χ3v) is 6.03. The smallest absolute Gasteiger partial charge is 0.326 e. The SMILES string of the molecule is CCn1ncc2c(NC3CCOCC3)c(-c3nnc(N4CCSC4=O)o3)cnc21. The lowest BCUT2D eigenvalue weighted by atomic mass is 10.1. The van der Waals surface area contributed by atoms with Gasteiger partial charge in [0.2, 0.25) is 0 Å². The Hall–Kier alpha value is -2.66. The summed E-state index contributed by atoms with van der Waals surface area (Å²) >= 11 is 1.25. The molecule has 0 aromatic carbocycles. The Kier molecular flexibility index (Phi) is 4.84. The fourth-order valence-corrected chi connectivity index (χ4v) is 4.40. The molecule has 5 heterocycles. The van der Waals surface area contributed by atoms with Gasteiger partial charge in [0.15, 0.2) is 5.65 Å². The predicted molar refractivity (Wildman–Crippen MR) is 109 cm³/mol. The summed E-state index contributed by atoms with van der Waals surface area (Å²) in [6.45, 7) is 4.79. The zero-order valence-corrected chi connectivity index (χ0v) is 16.8. The van der Waals surface area contributed by atoms with E-state index in [2.05, 4.69) is 25.6 Å². The van der Waals surface area contributed by atoms with Gasteiger partial charge in [-0.15, -0.1) is 5.10 Å². The first kappa shape index (κ1) is 18.4. The maximum atomic E-state index is 12.0. The van der Waals surface area contributed by atoms with Crippen LogP contribution < -0.4 is 10.2 Å². The molecular formula is C18H21N7O3S. The van der Waals surface area contributed by atoms with Crippen LogP contribution in [0.15, 0.2) is 16.8 Å². The number of pyridine rings is 1. The lowest BCUT2D eigenvalue weighted by molar-refractivity contribution is 0.0905. The van der Waals surface area contributed by atoms with Crippen LogP contribution in [0.1, 0.15) is 19.8 Å². The maximum absolute atomic E-state index is 12.0. The number of ether oxygens (including phenoxy) is 1. The van der Waals surface area contributed by atoms with Gasteiger partial charge in [-0.3, -0.25) is 9.69 Å². The van der Waals surface area contributed by atoms with E-state index < -0.39 is 0 Å². The summed E-state index contributed by atoms with van der Waals surface area (Å²) in [4.78, 5) is 18.1. The molecule has 0 aliphatic carbocycles. The van der Waals surface area contributed by atoms with Crippen LogP contribution in [0.3, 0.4) is 0 Å². The molecule has 11 heteroatoms. The highest BCUT2D eigenvalue weighted by Crippen LogP contribution is 2.36. The highest BCUT2D eigenvalue weighted by Gasteiger charge is 2.29. The number of carbonyl (C=O) groups is 1. The van der Waals surface area contributed by atoms with Crippen molar-refractivity contribution in [3.8, 4) is 11.5 Å². The van der Waals surface area contributed by atoms with Crippen molar-refractivity contribution in [1.29, 1.82) is 0 Å². The van der Waals surface area contributed by atoms with E-state index in [0.29, 0.717) is 18.0 Å². The minimum atomic E-state index is -0.0708. The van der Waals surface area contributed by atoms with Gasteiger partial charge in [-0.2, -0.15) is 5.10 Å². The lowest BCUT2D eigenvalue weighted by Gasteiger charge is -2.25. The Morgan fingerprint density at radius 3 is 2.90 bits per heavy atom. The Labute approximate surface area is 171 Å². The predicted octanol–water partition coefficient (Wildman–Crippen LogP) is 2.77. The van der Waals surface area contributed by atoms with Crippen molar-refractivity contribution in [1.82, 2.24) is 25.0 Å². The molecule has 0 atom stereocenters. The molecular weight excluding hydrogens is 394 g/mol. The first-order chi connectivity index (χ1) is 14.2. The van der Waals surface area contributed by atoms with Gasteiger partial charge in [0, 0.05) is 44.3 Å². The van der Waals surface area contributed by atoms with E-state index in [1.807, 2.05) is 17.8 Å². The first-order valence-corrected chi connectivity index (χ1v) is 10.7. The molecule has 2 aliphatic rings. The van der Waals surface area contributed by atoms with Gasteiger partial charge < -0.3 is 14.5 Å². The number of hydrogen-bond acceptors (Lipinski definition) is 9. The number of hydrogen-bond donors (Lipinski definition) is 1. The van der Waals surface area contributed by atoms with Crippen LogP contribution in [0, 0.1) is 0 Å². The van der Waals surface area contributed by atoms with E-state index in [4.69, 9.17) is 9.15 Å². The first-order valence-electron chi connectivity index (χ1n) is 9.71. The molecule has 1 N–H and O–H groups in total. The molecule has 2 saturated heterocycles. The summed E-state index contributed by atoms with van der Waals surface area (Å²) in [7, 11) is 0. The summed E-state index contributed by atoms with van der Waals surface area (Å²) < 4.78 is 13.2. The van der Waals surface area contributed by atoms with Gasteiger partial charge >= 0.3 is 6.01 Å². The van der Waals surface area contributed by atoms with Crippen LogP contribution in [0.25, 0.3) is 22.5 Å². The summed E-state index contributed by atoms with van der Waals surface area (Å²) in [5, 5.41) is 17.2. The Balaban J connectivity index is 1.56. The van der Waals surface area contributed by atoms with E-state index in [9.17, 15) is 4.79 Å². The van der Waals surface area contributed by atoms with E-state index in [1.54, 1.807) is 6.20 Å². The number of carbonyl (C=O) groups excluding carboxylic acids is 1. The van der Waals surface area contributed by atoms with Crippen LogP contribution >= 0.6 is 11.8 Å². The fraction of sp³-hybridized carbons (Fsp3) is 0.500. The largest absolute Gasteiger partial charge is 0.403 e. The molecule has 3 aromatic heterocycles. The normalized spacial score (nSPS) is 18.1. The molecule has 2 fully saturated rings. The number of rotatable bonds is 5. The summed E-state index contributed by atoms with van der Waals surface area (Å²) in [5.74, 6) is 1.05. The minimum absolute atomic E-state index is 0.0708. The molecule has 152 valence electrons. The van der Waals surface area contributed by atoms with Crippen LogP contribution in [0.2, 0.25) is 0 Å². The van der Waals surface area contributed by atoms with Gasteiger partial charge in [-0.1, -0.05) is 16.9 Å².